The van der Waals surface area contributed by atoms with Crippen LogP contribution in [0.1, 0.15) is 33.6 Å². The van der Waals surface area contributed by atoms with Gasteiger partial charge in [-0.05, 0) is 25.2 Å². The number of rotatable bonds is 4. The van der Waals surface area contributed by atoms with Crippen LogP contribution in [0.3, 0.4) is 0 Å². The zero-order chi connectivity index (χ0) is 15.8. The number of carbonyl (C=O) groups is 3. The molecule has 0 aromatic rings. The van der Waals surface area contributed by atoms with Gasteiger partial charge in [-0.3, -0.25) is 14.4 Å². The molecule has 1 aliphatic heterocycles. The minimum Gasteiger partial charge on any atom is -0.481 e. The summed E-state index contributed by atoms with van der Waals surface area (Å²) in [6.45, 7) is 6.64. The molecule has 1 unspecified atom stereocenters. The fraction of sp³-hybridized carbons (Fsp3) is 0.800. The van der Waals surface area contributed by atoms with Gasteiger partial charge < -0.3 is 14.7 Å². The van der Waals surface area contributed by atoms with E-state index in [1.807, 2.05) is 0 Å². The lowest BCUT2D eigenvalue weighted by molar-refractivity contribution is -0.152. The highest BCUT2D eigenvalue weighted by Crippen LogP contribution is 2.59. The normalized spacial score (nSPS) is 30.6. The highest BCUT2D eigenvalue weighted by molar-refractivity contribution is 5.92. The number of carboxylic acid groups (broad SMARTS) is 1. The van der Waals surface area contributed by atoms with Crippen LogP contribution in [0.5, 0.6) is 0 Å². The molecule has 6 nitrogen and oxygen atoms in total. The van der Waals surface area contributed by atoms with Crippen molar-refractivity contribution in [2.75, 3.05) is 19.7 Å². The summed E-state index contributed by atoms with van der Waals surface area (Å²) < 4.78 is 5.01. The molecule has 1 heterocycles. The van der Waals surface area contributed by atoms with E-state index in [1.165, 1.54) is 0 Å². The van der Waals surface area contributed by atoms with Crippen molar-refractivity contribution in [2.24, 2.45) is 23.2 Å². The lowest BCUT2D eigenvalue weighted by Gasteiger charge is -2.32. The van der Waals surface area contributed by atoms with Crippen LogP contribution >= 0.6 is 0 Å². The number of esters is 1. The van der Waals surface area contributed by atoms with Crippen molar-refractivity contribution in [2.45, 2.75) is 33.6 Å². The fourth-order valence-corrected chi connectivity index (χ4v) is 3.39. The van der Waals surface area contributed by atoms with Crippen LogP contribution in [0.4, 0.5) is 0 Å². The lowest BCUT2D eigenvalue weighted by atomic mass is 9.97. The van der Waals surface area contributed by atoms with Crippen molar-refractivity contribution >= 4 is 17.8 Å². The third kappa shape index (κ3) is 2.89. The summed E-state index contributed by atoms with van der Waals surface area (Å²) in [4.78, 5) is 37.2. The molecule has 118 valence electrons. The Kier molecular flexibility index (Phi) is 4.25. The first-order valence-electron chi connectivity index (χ1n) is 7.49. The summed E-state index contributed by atoms with van der Waals surface area (Å²) in [7, 11) is 0. The predicted molar refractivity (Wildman–Crippen MR) is 74.3 cm³/mol. The summed E-state index contributed by atoms with van der Waals surface area (Å²) in [6.07, 6.45) is 1.47. The van der Waals surface area contributed by atoms with Crippen LogP contribution in [-0.2, 0) is 19.1 Å². The average Bonchev–Trinajstić information content (AvgIpc) is 3.01. The minimum absolute atomic E-state index is 0.138. The number of carbonyl (C=O) groups excluding carboxylic acids is 2. The van der Waals surface area contributed by atoms with Gasteiger partial charge in [0.05, 0.1) is 24.4 Å². The number of hydrogen-bond donors (Lipinski definition) is 1. The summed E-state index contributed by atoms with van der Waals surface area (Å²) in [5.74, 6) is -2.70. The summed E-state index contributed by atoms with van der Waals surface area (Å²) in [6, 6.07) is 0. The highest BCUT2D eigenvalue weighted by atomic mass is 16.5. The van der Waals surface area contributed by atoms with Crippen LogP contribution in [-0.4, -0.2) is 47.5 Å². The maximum absolute atomic E-state index is 12.5. The number of piperidine rings is 1. The van der Waals surface area contributed by atoms with Gasteiger partial charge in [0.15, 0.2) is 0 Å². The van der Waals surface area contributed by atoms with Crippen LogP contribution in [0.2, 0.25) is 0 Å². The van der Waals surface area contributed by atoms with E-state index in [0.29, 0.717) is 19.7 Å². The van der Waals surface area contributed by atoms with Crippen molar-refractivity contribution in [1.82, 2.24) is 4.90 Å². The van der Waals surface area contributed by atoms with Crippen LogP contribution < -0.4 is 0 Å². The molecule has 6 heteroatoms. The Morgan fingerprint density at radius 2 is 1.95 bits per heavy atom. The number of hydrogen-bond acceptors (Lipinski definition) is 4. The van der Waals surface area contributed by atoms with E-state index >= 15 is 0 Å². The molecule has 3 atom stereocenters. The van der Waals surface area contributed by atoms with Gasteiger partial charge in [0.1, 0.15) is 0 Å². The minimum atomic E-state index is -0.919. The van der Waals surface area contributed by atoms with E-state index < -0.39 is 23.2 Å². The number of amides is 1. The van der Waals surface area contributed by atoms with Gasteiger partial charge in [0, 0.05) is 13.1 Å². The zero-order valence-electron chi connectivity index (χ0n) is 12.8. The Bertz CT molecular complexity index is 459. The number of aliphatic carboxylic acids is 1. The van der Waals surface area contributed by atoms with Gasteiger partial charge in [-0.2, -0.15) is 0 Å². The molecule has 0 aromatic carbocycles. The monoisotopic (exact) mass is 297 g/mol. The Hall–Kier alpha value is -1.59. The molecule has 0 aromatic heterocycles. The summed E-state index contributed by atoms with van der Waals surface area (Å²) in [5.41, 5.74) is -0.500. The second-order valence-electron chi connectivity index (χ2n) is 6.49. The van der Waals surface area contributed by atoms with E-state index in [9.17, 15) is 19.5 Å². The second-order valence-corrected chi connectivity index (χ2v) is 6.49. The number of ether oxygens (including phenoxy) is 1. The van der Waals surface area contributed by atoms with Crippen molar-refractivity contribution in [3.8, 4) is 0 Å². The smallest absolute Gasteiger partial charge is 0.310 e. The molecular weight excluding hydrogens is 274 g/mol. The molecule has 1 amide bonds. The van der Waals surface area contributed by atoms with Crippen molar-refractivity contribution in [3.05, 3.63) is 0 Å². The number of carboxylic acids is 1. The first kappa shape index (κ1) is 15.8. The molecule has 1 saturated heterocycles. The van der Waals surface area contributed by atoms with E-state index in [1.54, 1.807) is 25.7 Å². The third-order valence-electron chi connectivity index (χ3n) is 4.71. The largest absolute Gasteiger partial charge is 0.481 e. The van der Waals surface area contributed by atoms with Gasteiger partial charge >= 0.3 is 11.9 Å². The predicted octanol–water partition coefficient (Wildman–Crippen LogP) is 1.14. The van der Waals surface area contributed by atoms with E-state index in [2.05, 4.69) is 0 Å². The molecule has 0 bridgehead atoms. The van der Waals surface area contributed by atoms with Gasteiger partial charge in [-0.25, -0.2) is 0 Å². The summed E-state index contributed by atoms with van der Waals surface area (Å²) in [5, 5.41) is 9.17. The van der Waals surface area contributed by atoms with Crippen LogP contribution in [0.25, 0.3) is 0 Å². The van der Waals surface area contributed by atoms with Gasteiger partial charge in [0.2, 0.25) is 5.91 Å². The first-order chi connectivity index (χ1) is 9.80. The van der Waals surface area contributed by atoms with Gasteiger partial charge in [0.25, 0.3) is 0 Å². The zero-order valence-corrected chi connectivity index (χ0v) is 12.8. The van der Waals surface area contributed by atoms with Crippen molar-refractivity contribution in [3.63, 3.8) is 0 Å². The summed E-state index contributed by atoms with van der Waals surface area (Å²) >= 11 is 0. The Morgan fingerprint density at radius 3 is 2.48 bits per heavy atom. The molecular formula is C15H23NO5. The van der Waals surface area contributed by atoms with E-state index in [4.69, 9.17) is 4.74 Å². The second kappa shape index (κ2) is 5.66. The highest BCUT2D eigenvalue weighted by Gasteiger charge is 2.66. The molecule has 2 rings (SSSR count). The van der Waals surface area contributed by atoms with E-state index in [0.717, 1.165) is 12.8 Å². The molecule has 21 heavy (non-hydrogen) atoms. The quantitative estimate of drug-likeness (QED) is 0.787. The molecule has 1 saturated carbocycles. The topological polar surface area (TPSA) is 83.9 Å². The Morgan fingerprint density at radius 1 is 1.29 bits per heavy atom. The molecule has 1 N–H and O–H groups in total. The molecule has 2 fully saturated rings. The molecule has 1 aliphatic carbocycles. The van der Waals surface area contributed by atoms with Crippen molar-refractivity contribution < 1.29 is 24.2 Å². The molecule has 2 aliphatic rings. The van der Waals surface area contributed by atoms with Crippen LogP contribution in [0, 0.1) is 23.2 Å². The molecule has 0 spiro atoms. The standard InChI is InChI=1S/C15H23NO5/c1-4-21-14(20)9-6-5-7-16(8-9)12(17)10-11(13(18)19)15(10,2)3/h9-11H,4-8H2,1-3H3,(H,18,19)/t9?,10-,11+/m1/s1. The first-order valence-corrected chi connectivity index (χ1v) is 7.49. The van der Waals surface area contributed by atoms with Gasteiger partial charge in [-0.15, -0.1) is 0 Å². The lowest BCUT2D eigenvalue weighted by Crippen LogP contribution is -2.44. The van der Waals surface area contributed by atoms with E-state index in [-0.39, 0.29) is 17.8 Å². The maximum atomic E-state index is 12.5. The SMILES string of the molecule is CCOC(=O)C1CCCN(C(=O)[C@H]2[C@@H](C(=O)O)C2(C)C)C1. The fourth-order valence-electron chi connectivity index (χ4n) is 3.39. The number of likely N-dealkylation sites (tertiary alicyclic amines) is 1. The van der Waals surface area contributed by atoms with Gasteiger partial charge in [-0.1, -0.05) is 13.8 Å². The average molecular weight is 297 g/mol. The van der Waals surface area contributed by atoms with Crippen LogP contribution in [0.15, 0.2) is 0 Å². The Balaban J connectivity index is 2.00. The third-order valence-corrected chi connectivity index (χ3v) is 4.71. The van der Waals surface area contributed by atoms with Crippen molar-refractivity contribution in [1.29, 1.82) is 0 Å². The Labute approximate surface area is 124 Å². The number of nitrogens with zero attached hydrogens (tertiary/aromatic N) is 1. The molecule has 0 radical (unpaired) electrons. The maximum Gasteiger partial charge on any atom is 0.310 e.